The molecule has 2 rings (SSSR count). The smallest absolute Gasteiger partial charge is 0.328 e. The number of likely N-dealkylation sites (tertiary alicyclic amines) is 1. The van der Waals surface area contributed by atoms with Crippen LogP contribution in [0.3, 0.4) is 0 Å². The molecule has 0 radical (unpaired) electrons. The lowest BCUT2D eigenvalue weighted by Crippen LogP contribution is -2.29. The molecule has 1 aromatic rings. The van der Waals surface area contributed by atoms with E-state index in [9.17, 15) is 19.8 Å². The van der Waals surface area contributed by atoms with Gasteiger partial charge in [0.1, 0.15) is 0 Å². The fraction of sp³-hybridized carbons (Fsp3) is 0.385. The number of carbonyl (C=O) groups is 2. The molecule has 0 spiro atoms. The number of aliphatic carboxylic acids is 1. The van der Waals surface area contributed by atoms with Gasteiger partial charge in [-0.3, -0.25) is 4.79 Å². The first-order chi connectivity index (χ1) is 9.38. The van der Waals surface area contributed by atoms with Crippen molar-refractivity contribution in [3.05, 3.63) is 27.5 Å². The zero-order valence-corrected chi connectivity index (χ0v) is 11.6. The van der Waals surface area contributed by atoms with Gasteiger partial charge in [0, 0.05) is 24.0 Å². The molecule has 1 fully saturated rings. The van der Waals surface area contributed by atoms with Crippen LogP contribution in [-0.2, 0) is 4.79 Å². The third-order valence-corrected chi connectivity index (χ3v) is 4.28. The van der Waals surface area contributed by atoms with E-state index in [1.807, 2.05) is 0 Å². The molecule has 0 saturated carbocycles. The van der Waals surface area contributed by atoms with E-state index < -0.39 is 18.2 Å². The molecule has 2 unspecified atom stereocenters. The molecule has 2 atom stereocenters. The topological polar surface area (TPSA) is 98.1 Å². The molecule has 1 saturated heterocycles. The number of aliphatic hydroxyl groups excluding tert-OH is 2. The van der Waals surface area contributed by atoms with Crippen molar-refractivity contribution < 1.29 is 24.9 Å². The van der Waals surface area contributed by atoms with Gasteiger partial charge in [0.05, 0.1) is 17.1 Å². The largest absolute Gasteiger partial charge is 0.478 e. The summed E-state index contributed by atoms with van der Waals surface area (Å²) < 4.78 is 0. The van der Waals surface area contributed by atoms with E-state index >= 15 is 0 Å². The van der Waals surface area contributed by atoms with Gasteiger partial charge in [0.15, 0.2) is 0 Å². The Morgan fingerprint density at radius 1 is 1.35 bits per heavy atom. The summed E-state index contributed by atoms with van der Waals surface area (Å²) in [5.41, 5.74) is 0.816. The number of rotatable bonds is 3. The third-order valence-electron chi connectivity index (χ3n) is 3.09. The molecule has 0 aliphatic carbocycles. The van der Waals surface area contributed by atoms with Gasteiger partial charge in [-0.2, -0.15) is 0 Å². The summed E-state index contributed by atoms with van der Waals surface area (Å²) in [4.78, 5) is 25.3. The fourth-order valence-corrected chi connectivity index (χ4v) is 3.05. The number of aryl methyl sites for hydroxylation is 1. The zero-order chi connectivity index (χ0) is 14.9. The first kappa shape index (κ1) is 14.7. The maximum atomic E-state index is 12.2. The quantitative estimate of drug-likeness (QED) is 0.699. The van der Waals surface area contributed by atoms with Crippen molar-refractivity contribution in [2.75, 3.05) is 13.1 Å². The van der Waals surface area contributed by atoms with Crippen LogP contribution in [0.4, 0.5) is 0 Å². The van der Waals surface area contributed by atoms with Crippen LogP contribution in [0.25, 0.3) is 6.08 Å². The number of thiophene rings is 1. The van der Waals surface area contributed by atoms with Gasteiger partial charge < -0.3 is 20.2 Å². The zero-order valence-electron chi connectivity index (χ0n) is 10.8. The predicted molar refractivity (Wildman–Crippen MR) is 73.6 cm³/mol. The van der Waals surface area contributed by atoms with Crippen molar-refractivity contribution in [2.45, 2.75) is 19.1 Å². The molecular formula is C13H15NO5S. The van der Waals surface area contributed by atoms with E-state index in [4.69, 9.17) is 5.11 Å². The molecule has 7 heteroatoms. The summed E-state index contributed by atoms with van der Waals surface area (Å²) >= 11 is 1.19. The number of hydrogen-bond donors (Lipinski definition) is 3. The Morgan fingerprint density at radius 2 is 1.95 bits per heavy atom. The highest BCUT2D eigenvalue weighted by atomic mass is 32.1. The molecule has 0 aromatic carbocycles. The standard InChI is InChI=1S/C13H15NO5S/c1-7-4-11(20-10(7)2-3-12(17)18)13(19)14-5-8(15)9(16)6-14/h2-4,8-9,15-16H,5-6H2,1H3,(H,17,18)/b3-2+. The van der Waals surface area contributed by atoms with Gasteiger partial charge in [-0.25, -0.2) is 4.79 Å². The summed E-state index contributed by atoms with van der Waals surface area (Å²) in [5, 5.41) is 27.5. The van der Waals surface area contributed by atoms with Crippen LogP contribution < -0.4 is 0 Å². The van der Waals surface area contributed by atoms with Crippen LogP contribution in [0, 0.1) is 6.92 Å². The minimum atomic E-state index is -1.04. The van der Waals surface area contributed by atoms with Crippen molar-refractivity contribution in [3.63, 3.8) is 0 Å². The molecule has 3 N–H and O–H groups in total. The summed E-state index contributed by atoms with van der Waals surface area (Å²) in [6.45, 7) is 2.01. The Hall–Kier alpha value is -1.70. The van der Waals surface area contributed by atoms with Crippen molar-refractivity contribution in [2.24, 2.45) is 0 Å². The maximum absolute atomic E-state index is 12.2. The van der Waals surface area contributed by atoms with E-state index in [0.717, 1.165) is 11.6 Å². The lowest BCUT2D eigenvalue weighted by atomic mass is 10.2. The highest BCUT2D eigenvalue weighted by Crippen LogP contribution is 2.26. The Balaban J connectivity index is 2.16. The second-order valence-corrected chi connectivity index (χ2v) is 5.76. The van der Waals surface area contributed by atoms with Gasteiger partial charge in [0.25, 0.3) is 5.91 Å². The first-order valence-electron chi connectivity index (χ1n) is 6.05. The van der Waals surface area contributed by atoms with Crippen molar-refractivity contribution in [1.82, 2.24) is 4.90 Å². The average Bonchev–Trinajstić information content (AvgIpc) is 2.90. The van der Waals surface area contributed by atoms with Crippen molar-refractivity contribution >= 4 is 29.3 Å². The molecule has 6 nitrogen and oxygen atoms in total. The SMILES string of the molecule is Cc1cc(C(=O)N2CC(O)C(O)C2)sc1/C=C/C(=O)O. The Morgan fingerprint density at radius 3 is 2.50 bits per heavy atom. The average molecular weight is 297 g/mol. The number of β-amino-alcohol motifs (C(OH)–C–C–N with tert-alkyl or cyclic N) is 2. The Kier molecular flexibility index (Phi) is 4.22. The number of amides is 1. The van der Waals surface area contributed by atoms with Gasteiger partial charge in [-0.15, -0.1) is 11.3 Å². The summed E-state index contributed by atoms with van der Waals surface area (Å²) in [5.74, 6) is -1.31. The van der Waals surface area contributed by atoms with Crippen LogP contribution in [0.1, 0.15) is 20.1 Å². The molecule has 108 valence electrons. The second kappa shape index (κ2) is 5.74. The molecule has 1 aliphatic rings. The molecule has 0 bridgehead atoms. The summed E-state index contributed by atoms with van der Waals surface area (Å²) in [7, 11) is 0. The van der Waals surface area contributed by atoms with Crippen LogP contribution >= 0.6 is 11.3 Å². The van der Waals surface area contributed by atoms with Crippen LogP contribution in [-0.4, -0.2) is 57.4 Å². The van der Waals surface area contributed by atoms with E-state index in [1.165, 1.54) is 22.3 Å². The van der Waals surface area contributed by atoms with Gasteiger partial charge in [-0.1, -0.05) is 0 Å². The number of carboxylic acids is 1. The Labute approximate surface area is 119 Å². The van der Waals surface area contributed by atoms with Crippen LogP contribution in [0.2, 0.25) is 0 Å². The minimum Gasteiger partial charge on any atom is -0.478 e. The van der Waals surface area contributed by atoms with Gasteiger partial charge in [0.2, 0.25) is 0 Å². The molecule has 1 aromatic heterocycles. The van der Waals surface area contributed by atoms with Crippen molar-refractivity contribution in [3.8, 4) is 0 Å². The summed E-state index contributed by atoms with van der Waals surface area (Å²) in [6.07, 6.45) is 0.654. The van der Waals surface area contributed by atoms with Gasteiger partial charge in [-0.05, 0) is 24.6 Å². The van der Waals surface area contributed by atoms with Crippen LogP contribution in [0.15, 0.2) is 12.1 Å². The molecule has 1 amide bonds. The number of aliphatic hydroxyl groups is 2. The molecular weight excluding hydrogens is 282 g/mol. The number of hydrogen-bond acceptors (Lipinski definition) is 5. The van der Waals surface area contributed by atoms with E-state index in [2.05, 4.69) is 0 Å². The maximum Gasteiger partial charge on any atom is 0.328 e. The Bertz CT molecular complexity index is 555. The third kappa shape index (κ3) is 3.06. The summed E-state index contributed by atoms with van der Waals surface area (Å²) in [6, 6.07) is 1.69. The first-order valence-corrected chi connectivity index (χ1v) is 6.87. The highest BCUT2D eigenvalue weighted by molar-refractivity contribution is 7.15. The number of carboxylic acid groups (broad SMARTS) is 1. The second-order valence-electron chi connectivity index (χ2n) is 4.67. The lowest BCUT2D eigenvalue weighted by Gasteiger charge is -2.13. The minimum absolute atomic E-state index is 0.108. The molecule has 20 heavy (non-hydrogen) atoms. The number of nitrogens with zero attached hydrogens (tertiary/aromatic N) is 1. The van der Waals surface area contributed by atoms with Crippen molar-refractivity contribution in [1.29, 1.82) is 0 Å². The van der Waals surface area contributed by atoms with Crippen LogP contribution in [0.5, 0.6) is 0 Å². The normalized spacial score (nSPS) is 22.6. The molecule has 1 aliphatic heterocycles. The highest BCUT2D eigenvalue weighted by Gasteiger charge is 2.33. The predicted octanol–water partition coefficient (Wildman–Crippen LogP) is 0.332. The van der Waals surface area contributed by atoms with Gasteiger partial charge >= 0.3 is 5.97 Å². The van der Waals surface area contributed by atoms with E-state index in [0.29, 0.717) is 9.75 Å². The number of carbonyl (C=O) groups excluding carboxylic acids is 1. The lowest BCUT2D eigenvalue weighted by molar-refractivity contribution is -0.131. The molecule has 2 heterocycles. The van der Waals surface area contributed by atoms with E-state index in [1.54, 1.807) is 13.0 Å². The monoisotopic (exact) mass is 297 g/mol. The van der Waals surface area contributed by atoms with E-state index in [-0.39, 0.29) is 19.0 Å². The fourth-order valence-electron chi connectivity index (χ4n) is 2.01.